The van der Waals surface area contributed by atoms with Crippen LogP contribution in [-0.4, -0.2) is 28.6 Å². The maximum atomic E-state index is 4.75. The third kappa shape index (κ3) is 5.98. The van der Waals surface area contributed by atoms with Crippen molar-refractivity contribution in [3.63, 3.8) is 0 Å². The summed E-state index contributed by atoms with van der Waals surface area (Å²) in [7, 11) is 0. The molecule has 0 atom stereocenters. The Morgan fingerprint density at radius 1 is 1.00 bits per heavy atom. The number of nitrogens with zero attached hydrogens (tertiary/aromatic N) is 3. The summed E-state index contributed by atoms with van der Waals surface area (Å²) in [6, 6.07) is 19.1. The van der Waals surface area contributed by atoms with Gasteiger partial charge in [0.2, 0.25) is 0 Å². The summed E-state index contributed by atoms with van der Waals surface area (Å²) in [5, 5.41) is 6.75. The van der Waals surface area contributed by atoms with Gasteiger partial charge in [0.15, 0.2) is 5.96 Å². The summed E-state index contributed by atoms with van der Waals surface area (Å²) in [5.74, 6) is 1.88. The Morgan fingerprint density at radius 2 is 1.79 bits per heavy atom. The van der Waals surface area contributed by atoms with E-state index in [1.807, 2.05) is 25.4 Å². The Labute approximate surface area is 167 Å². The largest absolute Gasteiger partial charge is 0.357 e. The first kappa shape index (κ1) is 19.7. The molecule has 5 nitrogen and oxygen atoms in total. The van der Waals surface area contributed by atoms with E-state index in [1.54, 1.807) is 0 Å². The van der Waals surface area contributed by atoms with Crippen molar-refractivity contribution in [1.29, 1.82) is 0 Å². The number of nitrogens with one attached hydrogen (secondary N) is 2. The zero-order valence-corrected chi connectivity index (χ0v) is 16.7. The third-order valence-electron chi connectivity index (χ3n) is 4.58. The molecular formula is C23H29N5. The Bertz CT molecular complexity index is 883. The molecule has 3 aromatic rings. The summed E-state index contributed by atoms with van der Waals surface area (Å²) in [4.78, 5) is 9.04. The van der Waals surface area contributed by atoms with Gasteiger partial charge in [-0.25, -0.2) is 9.98 Å². The minimum atomic E-state index is 0.650. The number of benzene rings is 2. The molecule has 2 N–H and O–H groups in total. The highest BCUT2D eigenvalue weighted by molar-refractivity contribution is 5.79. The second-order valence-corrected chi connectivity index (χ2v) is 6.78. The van der Waals surface area contributed by atoms with Crippen molar-refractivity contribution < 1.29 is 0 Å². The lowest BCUT2D eigenvalue weighted by Crippen LogP contribution is -2.38. The Kier molecular flexibility index (Phi) is 7.24. The van der Waals surface area contributed by atoms with Crippen molar-refractivity contribution in [2.24, 2.45) is 4.99 Å². The number of guanidine groups is 1. The lowest BCUT2D eigenvalue weighted by molar-refractivity contribution is 0.760. The van der Waals surface area contributed by atoms with Crippen LogP contribution in [0.4, 0.5) is 0 Å². The fraction of sp³-hybridized carbons (Fsp3) is 0.304. The predicted molar refractivity (Wildman–Crippen MR) is 115 cm³/mol. The van der Waals surface area contributed by atoms with Gasteiger partial charge in [0.05, 0.1) is 6.54 Å². The van der Waals surface area contributed by atoms with Crippen LogP contribution in [0.2, 0.25) is 0 Å². The van der Waals surface area contributed by atoms with Crippen LogP contribution in [-0.2, 0) is 19.5 Å². The standard InChI is InChI=1S/C23H29N5/c1-3-24-23(26-13-12-20-8-5-4-6-9-20)27-17-21-10-7-11-22(16-21)18-28-15-14-25-19(28)2/h4-11,14-16H,3,12-13,17-18H2,1-2H3,(H2,24,26,27). The smallest absolute Gasteiger partial charge is 0.191 e. The lowest BCUT2D eigenvalue weighted by atomic mass is 10.1. The van der Waals surface area contributed by atoms with Crippen LogP contribution < -0.4 is 10.6 Å². The molecule has 2 aromatic carbocycles. The van der Waals surface area contributed by atoms with Crippen molar-refractivity contribution in [2.45, 2.75) is 33.4 Å². The van der Waals surface area contributed by atoms with Crippen LogP contribution in [0.15, 0.2) is 72.0 Å². The van der Waals surface area contributed by atoms with E-state index in [0.29, 0.717) is 6.54 Å². The number of rotatable bonds is 8. The quantitative estimate of drug-likeness (QED) is 0.468. The highest BCUT2D eigenvalue weighted by Gasteiger charge is 2.02. The van der Waals surface area contributed by atoms with Gasteiger partial charge in [0, 0.05) is 32.0 Å². The average molecular weight is 376 g/mol. The Morgan fingerprint density at radius 3 is 2.54 bits per heavy atom. The minimum absolute atomic E-state index is 0.650. The molecule has 28 heavy (non-hydrogen) atoms. The van der Waals surface area contributed by atoms with Gasteiger partial charge in [0.25, 0.3) is 0 Å². The Hall–Kier alpha value is -3.08. The molecular weight excluding hydrogens is 346 g/mol. The zero-order valence-electron chi connectivity index (χ0n) is 16.7. The monoisotopic (exact) mass is 375 g/mol. The van der Waals surface area contributed by atoms with Crippen molar-refractivity contribution in [1.82, 2.24) is 20.2 Å². The summed E-state index contributed by atoms with van der Waals surface area (Å²) >= 11 is 0. The molecule has 0 aliphatic rings. The highest BCUT2D eigenvalue weighted by atomic mass is 15.2. The molecule has 0 fully saturated rings. The molecule has 5 heteroatoms. The van der Waals surface area contributed by atoms with E-state index in [1.165, 1.54) is 16.7 Å². The molecule has 1 aromatic heterocycles. The van der Waals surface area contributed by atoms with Gasteiger partial charge in [-0.2, -0.15) is 0 Å². The molecule has 0 radical (unpaired) electrons. The first-order valence-corrected chi connectivity index (χ1v) is 9.86. The van der Waals surface area contributed by atoms with Crippen molar-refractivity contribution in [3.8, 4) is 0 Å². The molecule has 0 saturated carbocycles. The van der Waals surface area contributed by atoms with E-state index < -0.39 is 0 Å². The number of aryl methyl sites for hydroxylation is 1. The lowest BCUT2D eigenvalue weighted by Gasteiger charge is -2.12. The molecule has 0 saturated heterocycles. The van der Waals surface area contributed by atoms with Gasteiger partial charge in [-0.3, -0.25) is 0 Å². The molecule has 0 aliphatic heterocycles. The number of aliphatic imine (C=N–C) groups is 1. The number of imidazole rings is 1. The summed E-state index contributed by atoms with van der Waals surface area (Å²) in [6.07, 6.45) is 4.83. The van der Waals surface area contributed by atoms with Gasteiger partial charge in [-0.15, -0.1) is 0 Å². The van der Waals surface area contributed by atoms with E-state index >= 15 is 0 Å². The van der Waals surface area contributed by atoms with E-state index in [2.05, 4.69) is 75.6 Å². The van der Waals surface area contributed by atoms with Gasteiger partial charge < -0.3 is 15.2 Å². The summed E-state index contributed by atoms with van der Waals surface area (Å²) in [6.45, 7) is 7.30. The SMILES string of the molecule is CCNC(=NCc1cccc(Cn2ccnc2C)c1)NCCc1ccccc1. The highest BCUT2D eigenvalue weighted by Crippen LogP contribution is 2.10. The fourth-order valence-electron chi connectivity index (χ4n) is 3.08. The number of hydrogen-bond acceptors (Lipinski definition) is 2. The van der Waals surface area contributed by atoms with Crippen LogP contribution in [0, 0.1) is 6.92 Å². The third-order valence-corrected chi connectivity index (χ3v) is 4.58. The van der Waals surface area contributed by atoms with Crippen molar-refractivity contribution in [3.05, 3.63) is 89.5 Å². The predicted octanol–water partition coefficient (Wildman–Crippen LogP) is 3.54. The van der Waals surface area contributed by atoms with E-state index in [0.717, 1.165) is 37.8 Å². The van der Waals surface area contributed by atoms with Crippen molar-refractivity contribution in [2.75, 3.05) is 13.1 Å². The molecule has 1 heterocycles. The van der Waals surface area contributed by atoms with Crippen LogP contribution in [0.25, 0.3) is 0 Å². The zero-order chi connectivity index (χ0) is 19.6. The molecule has 3 rings (SSSR count). The second-order valence-electron chi connectivity index (χ2n) is 6.78. The van der Waals surface area contributed by atoms with E-state index in [4.69, 9.17) is 4.99 Å². The van der Waals surface area contributed by atoms with Crippen LogP contribution in [0.3, 0.4) is 0 Å². The summed E-state index contributed by atoms with van der Waals surface area (Å²) < 4.78 is 2.15. The first-order valence-electron chi connectivity index (χ1n) is 9.86. The maximum Gasteiger partial charge on any atom is 0.191 e. The van der Waals surface area contributed by atoms with Gasteiger partial charge >= 0.3 is 0 Å². The summed E-state index contributed by atoms with van der Waals surface area (Å²) in [5.41, 5.74) is 3.79. The first-order chi connectivity index (χ1) is 13.7. The van der Waals surface area contributed by atoms with Crippen molar-refractivity contribution >= 4 is 5.96 Å². The van der Waals surface area contributed by atoms with Gasteiger partial charge in [-0.05, 0) is 37.0 Å². The molecule has 0 spiro atoms. The van der Waals surface area contributed by atoms with Gasteiger partial charge in [-0.1, -0.05) is 54.6 Å². The number of hydrogen-bond donors (Lipinski definition) is 2. The molecule has 146 valence electrons. The number of aromatic nitrogens is 2. The minimum Gasteiger partial charge on any atom is -0.357 e. The second kappa shape index (κ2) is 10.3. The Balaban J connectivity index is 1.57. The van der Waals surface area contributed by atoms with E-state index in [-0.39, 0.29) is 0 Å². The fourth-order valence-corrected chi connectivity index (χ4v) is 3.08. The molecule has 0 aliphatic carbocycles. The maximum absolute atomic E-state index is 4.75. The normalized spacial score (nSPS) is 11.4. The van der Waals surface area contributed by atoms with Gasteiger partial charge in [0.1, 0.15) is 5.82 Å². The van der Waals surface area contributed by atoms with E-state index in [9.17, 15) is 0 Å². The van der Waals surface area contributed by atoms with Crippen LogP contribution in [0.5, 0.6) is 0 Å². The topological polar surface area (TPSA) is 54.2 Å². The van der Waals surface area contributed by atoms with Crippen LogP contribution in [0.1, 0.15) is 29.4 Å². The molecule has 0 bridgehead atoms. The van der Waals surface area contributed by atoms with Crippen LogP contribution >= 0.6 is 0 Å². The molecule has 0 amide bonds. The molecule has 0 unspecified atom stereocenters. The average Bonchev–Trinajstić information content (AvgIpc) is 3.12.